The fraction of sp³-hybridized carbons (Fsp3) is 0.857. The SMILES string of the molecule is C[C@@H]1CN(C(=O)NC2C(C)(C)C2(C)C)C[C@H]1C(=O)O. The minimum Gasteiger partial charge on any atom is -0.481 e. The van der Waals surface area contributed by atoms with Crippen molar-refractivity contribution in [2.24, 2.45) is 22.7 Å². The zero-order chi connectivity index (χ0) is 14.6. The third-order valence-electron chi connectivity index (χ3n) is 5.51. The maximum atomic E-state index is 12.2. The average molecular weight is 268 g/mol. The second kappa shape index (κ2) is 4.12. The Hall–Kier alpha value is -1.26. The lowest BCUT2D eigenvalue weighted by Gasteiger charge is -2.18. The molecule has 2 amide bonds. The lowest BCUT2D eigenvalue weighted by molar-refractivity contribution is -0.142. The van der Waals surface area contributed by atoms with Crippen LogP contribution >= 0.6 is 0 Å². The molecule has 1 saturated heterocycles. The van der Waals surface area contributed by atoms with Crippen LogP contribution in [0.5, 0.6) is 0 Å². The predicted molar refractivity (Wildman–Crippen MR) is 71.7 cm³/mol. The summed E-state index contributed by atoms with van der Waals surface area (Å²) in [4.78, 5) is 24.9. The normalized spacial score (nSPS) is 32.2. The van der Waals surface area contributed by atoms with Gasteiger partial charge in [0, 0.05) is 19.1 Å². The monoisotopic (exact) mass is 268 g/mol. The minimum absolute atomic E-state index is 0.0171. The Morgan fingerprint density at radius 2 is 1.68 bits per heavy atom. The third-order valence-corrected chi connectivity index (χ3v) is 5.51. The molecule has 1 heterocycles. The Balaban J connectivity index is 1.95. The number of nitrogens with one attached hydrogen (secondary N) is 1. The van der Waals surface area contributed by atoms with E-state index in [9.17, 15) is 9.59 Å². The molecule has 2 rings (SSSR count). The number of hydrogen-bond donors (Lipinski definition) is 2. The van der Waals surface area contributed by atoms with Crippen molar-refractivity contribution in [1.82, 2.24) is 10.2 Å². The van der Waals surface area contributed by atoms with Crippen molar-refractivity contribution in [3.8, 4) is 0 Å². The van der Waals surface area contributed by atoms with Crippen LogP contribution in [0.15, 0.2) is 0 Å². The summed E-state index contributed by atoms with van der Waals surface area (Å²) in [5.74, 6) is -1.23. The average Bonchev–Trinajstić information content (AvgIpc) is 2.65. The number of hydrogen-bond acceptors (Lipinski definition) is 2. The van der Waals surface area contributed by atoms with Crippen LogP contribution in [0.25, 0.3) is 0 Å². The van der Waals surface area contributed by atoms with Gasteiger partial charge in [-0.15, -0.1) is 0 Å². The van der Waals surface area contributed by atoms with Crippen LogP contribution in [0.3, 0.4) is 0 Å². The van der Waals surface area contributed by atoms with E-state index in [0.717, 1.165) is 0 Å². The Labute approximate surface area is 114 Å². The van der Waals surface area contributed by atoms with E-state index in [1.165, 1.54) is 0 Å². The zero-order valence-corrected chi connectivity index (χ0v) is 12.4. The Morgan fingerprint density at radius 3 is 2.05 bits per heavy atom. The summed E-state index contributed by atoms with van der Waals surface area (Å²) in [5, 5.41) is 12.1. The molecule has 5 heteroatoms. The van der Waals surface area contributed by atoms with Gasteiger partial charge < -0.3 is 15.3 Å². The zero-order valence-electron chi connectivity index (χ0n) is 12.4. The van der Waals surface area contributed by atoms with Gasteiger partial charge in [-0.2, -0.15) is 0 Å². The van der Waals surface area contributed by atoms with Crippen LogP contribution in [0.2, 0.25) is 0 Å². The topological polar surface area (TPSA) is 69.6 Å². The highest BCUT2D eigenvalue weighted by molar-refractivity contribution is 5.78. The van der Waals surface area contributed by atoms with Gasteiger partial charge in [0.1, 0.15) is 0 Å². The Bertz CT molecular complexity index is 403. The van der Waals surface area contributed by atoms with Crippen LogP contribution in [-0.4, -0.2) is 41.1 Å². The van der Waals surface area contributed by atoms with Crippen LogP contribution in [-0.2, 0) is 4.79 Å². The number of carboxylic acid groups (broad SMARTS) is 1. The molecule has 1 aliphatic heterocycles. The predicted octanol–water partition coefficient (Wildman–Crippen LogP) is 1.78. The van der Waals surface area contributed by atoms with E-state index in [1.54, 1.807) is 4.90 Å². The first-order valence-electron chi connectivity index (χ1n) is 6.87. The second-order valence-electron chi connectivity index (χ2n) is 7.15. The third kappa shape index (κ3) is 2.09. The second-order valence-corrected chi connectivity index (χ2v) is 7.15. The summed E-state index contributed by atoms with van der Waals surface area (Å²) in [6.45, 7) is 11.3. The highest BCUT2D eigenvalue weighted by atomic mass is 16.4. The molecule has 0 aromatic rings. The van der Waals surface area contributed by atoms with E-state index in [-0.39, 0.29) is 28.8 Å². The van der Waals surface area contributed by atoms with Gasteiger partial charge in [-0.25, -0.2) is 4.79 Å². The van der Waals surface area contributed by atoms with Gasteiger partial charge in [-0.05, 0) is 16.7 Å². The van der Waals surface area contributed by atoms with Crippen LogP contribution in [0, 0.1) is 22.7 Å². The smallest absolute Gasteiger partial charge is 0.317 e. The lowest BCUT2D eigenvalue weighted by Crippen LogP contribution is -2.41. The van der Waals surface area contributed by atoms with Crippen molar-refractivity contribution in [2.75, 3.05) is 13.1 Å². The number of urea groups is 1. The summed E-state index contributed by atoms with van der Waals surface area (Å²) >= 11 is 0. The molecule has 1 aliphatic carbocycles. The molecule has 2 aliphatic rings. The first kappa shape index (κ1) is 14.2. The Morgan fingerprint density at radius 1 is 1.16 bits per heavy atom. The number of carbonyl (C=O) groups excluding carboxylic acids is 1. The number of carbonyl (C=O) groups is 2. The van der Waals surface area contributed by atoms with Crippen molar-refractivity contribution < 1.29 is 14.7 Å². The van der Waals surface area contributed by atoms with Gasteiger partial charge in [-0.1, -0.05) is 34.6 Å². The van der Waals surface area contributed by atoms with Crippen molar-refractivity contribution in [2.45, 2.75) is 40.7 Å². The molecule has 2 atom stereocenters. The molecule has 2 fully saturated rings. The van der Waals surface area contributed by atoms with Gasteiger partial charge in [0.05, 0.1) is 5.92 Å². The van der Waals surface area contributed by atoms with Crippen LogP contribution < -0.4 is 5.32 Å². The molecule has 0 radical (unpaired) electrons. The highest BCUT2D eigenvalue weighted by Gasteiger charge is 2.65. The first-order chi connectivity index (χ1) is 8.59. The van der Waals surface area contributed by atoms with Crippen molar-refractivity contribution in [1.29, 1.82) is 0 Å². The molecule has 0 spiro atoms. The highest BCUT2D eigenvalue weighted by Crippen LogP contribution is 2.62. The molecule has 0 unspecified atom stereocenters. The van der Waals surface area contributed by atoms with E-state index >= 15 is 0 Å². The number of likely N-dealkylation sites (tertiary alicyclic amines) is 1. The largest absolute Gasteiger partial charge is 0.481 e. The van der Waals surface area contributed by atoms with E-state index in [4.69, 9.17) is 5.11 Å². The molecular formula is C14H24N2O3. The van der Waals surface area contributed by atoms with Crippen LogP contribution in [0.4, 0.5) is 4.79 Å². The van der Waals surface area contributed by atoms with Gasteiger partial charge in [0.15, 0.2) is 0 Å². The van der Waals surface area contributed by atoms with E-state index in [0.29, 0.717) is 13.1 Å². The summed E-state index contributed by atoms with van der Waals surface area (Å²) in [6, 6.07) is 0.0333. The number of aliphatic carboxylic acids is 1. The number of amides is 2. The fourth-order valence-corrected chi connectivity index (χ4v) is 3.23. The molecule has 19 heavy (non-hydrogen) atoms. The summed E-state index contributed by atoms with van der Waals surface area (Å²) in [7, 11) is 0. The molecule has 108 valence electrons. The van der Waals surface area contributed by atoms with Crippen molar-refractivity contribution in [3.05, 3.63) is 0 Å². The summed E-state index contributed by atoms with van der Waals surface area (Å²) in [6.07, 6.45) is 0. The Kier molecular flexibility index (Phi) is 3.07. The molecule has 2 N–H and O–H groups in total. The van der Waals surface area contributed by atoms with E-state index in [1.807, 2.05) is 6.92 Å². The number of carboxylic acids is 1. The van der Waals surface area contributed by atoms with E-state index in [2.05, 4.69) is 33.0 Å². The molecule has 0 aromatic carbocycles. The molecule has 1 saturated carbocycles. The number of nitrogens with zero attached hydrogens (tertiary/aromatic N) is 1. The molecule has 5 nitrogen and oxygen atoms in total. The van der Waals surface area contributed by atoms with Crippen molar-refractivity contribution in [3.63, 3.8) is 0 Å². The van der Waals surface area contributed by atoms with Crippen molar-refractivity contribution >= 4 is 12.0 Å². The summed E-state index contributed by atoms with van der Waals surface area (Å²) in [5.41, 5.74) is 0.195. The van der Waals surface area contributed by atoms with Crippen LogP contribution in [0.1, 0.15) is 34.6 Å². The summed E-state index contributed by atoms with van der Waals surface area (Å²) < 4.78 is 0. The maximum Gasteiger partial charge on any atom is 0.317 e. The minimum atomic E-state index is -0.810. The number of rotatable bonds is 2. The fourth-order valence-electron chi connectivity index (χ4n) is 3.23. The molecular weight excluding hydrogens is 244 g/mol. The first-order valence-corrected chi connectivity index (χ1v) is 6.87. The van der Waals surface area contributed by atoms with E-state index < -0.39 is 11.9 Å². The molecule has 0 bridgehead atoms. The maximum absolute atomic E-state index is 12.2. The quantitative estimate of drug-likeness (QED) is 0.802. The standard InChI is InChI=1S/C14H24N2O3/c1-8-6-16(7-9(8)10(17)18)12(19)15-11-13(2,3)14(11,4)5/h8-9,11H,6-7H2,1-5H3,(H,15,19)(H,17,18)/t8-,9-/m1/s1. The molecule has 0 aromatic heterocycles. The lowest BCUT2D eigenvalue weighted by atomic mass is 9.99. The van der Waals surface area contributed by atoms with Gasteiger partial charge in [0.25, 0.3) is 0 Å². The van der Waals surface area contributed by atoms with Gasteiger partial charge in [-0.3, -0.25) is 4.79 Å². The van der Waals surface area contributed by atoms with Gasteiger partial charge in [0.2, 0.25) is 0 Å². The van der Waals surface area contributed by atoms with Gasteiger partial charge >= 0.3 is 12.0 Å².